The first-order valence-corrected chi connectivity index (χ1v) is 6.69. The number of fused-ring (bicyclic) bond motifs is 1. The van der Waals surface area contributed by atoms with Gasteiger partial charge in [0.25, 0.3) is 0 Å². The van der Waals surface area contributed by atoms with Crippen molar-refractivity contribution in [1.82, 2.24) is 0 Å². The first kappa shape index (κ1) is 13.1. The third kappa shape index (κ3) is 2.42. The summed E-state index contributed by atoms with van der Waals surface area (Å²) in [6, 6.07) is 7.99. The summed E-state index contributed by atoms with van der Waals surface area (Å²) in [6.45, 7) is 4.92. The second-order valence-electron chi connectivity index (χ2n) is 4.14. The molecule has 0 fully saturated rings. The van der Waals surface area contributed by atoms with Crippen molar-refractivity contribution in [2.45, 2.75) is 23.7 Å². The Morgan fingerprint density at radius 3 is 2.47 bits per heavy atom. The summed E-state index contributed by atoms with van der Waals surface area (Å²) in [5, 5.41) is 0. The van der Waals surface area contributed by atoms with Crippen LogP contribution in [0.2, 0.25) is 0 Å². The Morgan fingerprint density at radius 1 is 1.24 bits per heavy atom. The number of alkyl halides is 3. The normalized spacial score (nSPS) is 19.9. The number of nitrogens with zero attached hydrogens (tertiary/aromatic N) is 1. The Morgan fingerprint density at radius 2 is 1.88 bits per heavy atom. The highest BCUT2D eigenvalue weighted by atomic mass is 35.6. The van der Waals surface area contributed by atoms with Crippen LogP contribution >= 0.6 is 34.8 Å². The second kappa shape index (κ2) is 4.72. The number of para-hydroxylation sites is 1. The number of hydrogen-bond donors (Lipinski definition) is 0. The van der Waals surface area contributed by atoms with Crippen molar-refractivity contribution >= 4 is 46.1 Å². The molecule has 0 saturated carbocycles. The van der Waals surface area contributed by atoms with Gasteiger partial charge < -0.3 is 4.90 Å². The molecule has 0 amide bonds. The predicted octanol–water partition coefficient (Wildman–Crippen LogP) is 4.67. The highest BCUT2D eigenvalue weighted by Crippen LogP contribution is 2.42. The van der Waals surface area contributed by atoms with Crippen LogP contribution in [0.15, 0.2) is 30.3 Å². The molecule has 1 nitrogen and oxygen atoms in total. The number of allylic oxidation sites excluding steroid dienone is 1. The monoisotopic (exact) mass is 289 g/mol. The van der Waals surface area contributed by atoms with Gasteiger partial charge in [0.2, 0.25) is 3.79 Å². The van der Waals surface area contributed by atoms with E-state index in [4.69, 9.17) is 34.8 Å². The van der Waals surface area contributed by atoms with Gasteiger partial charge in [0, 0.05) is 17.8 Å². The molecule has 0 radical (unpaired) electrons. The second-order valence-corrected chi connectivity index (χ2v) is 6.51. The van der Waals surface area contributed by atoms with Gasteiger partial charge in [0.15, 0.2) is 0 Å². The highest BCUT2D eigenvalue weighted by molar-refractivity contribution is 6.68. The maximum atomic E-state index is 6.06. The van der Waals surface area contributed by atoms with E-state index in [9.17, 15) is 0 Å². The van der Waals surface area contributed by atoms with Crippen molar-refractivity contribution in [3.8, 4) is 0 Å². The van der Waals surface area contributed by atoms with Crippen molar-refractivity contribution in [1.29, 1.82) is 0 Å². The molecule has 4 heteroatoms. The molecule has 0 unspecified atom stereocenters. The lowest BCUT2D eigenvalue weighted by Gasteiger charge is -2.39. The summed E-state index contributed by atoms with van der Waals surface area (Å²) >= 11 is 18.2. The van der Waals surface area contributed by atoms with Crippen molar-refractivity contribution in [2.75, 3.05) is 11.4 Å². The van der Waals surface area contributed by atoms with Gasteiger partial charge >= 0.3 is 0 Å². The summed E-state index contributed by atoms with van der Waals surface area (Å²) in [6.07, 6.45) is 2.03. The average molecular weight is 291 g/mol. The molecule has 0 saturated heterocycles. The van der Waals surface area contributed by atoms with Gasteiger partial charge in [-0.25, -0.2) is 0 Å². The fourth-order valence-electron chi connectivity index (χ4n) is 2.26. The molecule has 1 aromatic carbocycles. The fraction of sp³-hybridized carbons (Fsp3) is 0.385. The first-order chi connectivity index (χ1) is 7.95. The number of hydrogen-bond acceptors (Lipinski definition) is 1. The molecule has 0 N–H and O–H groups in total. The quantitative estimate of drug-likeness (QED) is 0.679. The Bertz CT molecular complexity index is 448. The van der Waals surface area contributed by atoms with Gasteiger partial charge in [-0.1, -0.05) is 59.1 Å². The molecule has 1 aromatic rings. The minimum Gasteiger partial charge on any atom is -0.361 e. The van der Waals surface area contributed by atoms with Gasteiger partial charge in [0.1, 0.15) is 0 Å². The van der Waals surface area contributed by atoms with Crippen molar-refractivity contribution in [3.63, 3.8) is 0 Å². The average Bonchev–Trinajstić information content (AvgIpc) is 2.28. The van der Waals surface area contributed by atoms with Crippen LogP contribution in [0.5, 0.6) is 0 Å². The van der Waals surface area contributed by atoms with Gasteiger partial charge in [-0.2, -0.15) is 0 Å². The molecular formula is C13H14Cl3N. The Hall–Kier alpha value is -0.370. The number of anilines is 1. The van der Waals surface area contributed by atoms with E-state index in [2.05, 4.69) is 30.9 Å². The van der Waals surface area contributed by atoms with E-state index in [1.54, 1.807) is 0 Å². The number of likely N-dealkylation sites (N-methyl/N-ethyl adjacent to an activating group) is 1. The van der Waals surface area contributed by atoms with E-state index in [-0.39, 0.29) is 6.04 Å². The summed E-state index contributed by atoms with van der Waals surface area (Å²) < 4.78 is -1.31. The lowest BCUT2D eigenvalue weighted by Crippen LogP contribution is -2.45. The molecule has 2 rings (SSSR count). The summed E-state index contributed by atoms with van der Waals surface area (Å²) in [4.78, 5) is 2.12. The van der Waals surface area contributed by atoms with Crippen LogP contribution in [0.25, 0.3) is 5.57 Å². The SMILES string of the molecule is CCN1c2ccccc2C(C)=C[C@@H]1C(Cl)(Cl)Cl. The summed E-state index contributed by atoms with van der Waals surface area (Å²) in [5.74, 6) is 0. The maximum Gasteiger partial charge on any atom is 0.214 e. The number of halogens is 3. The smallest absolute Gasteiger partial charge is 0.214 e. The molecule has 1 aliphatic heterocycles. The van der Waals surface area contributed by atoms with Crippen LogP contribution in [0.3, 0.4) is 0 Å². The molecule has 1 aliphatic rings. The fourth-order valence-corrected chi connectivity index (χ4v) is 2.80. The zero-order valence-corrected chi connectivity index (χ0v) is 12.0. The van der Waals surface area contributed by atoms with Crippen molar-refractivity contribution in [3.05, 3.63) is 35.9 Å². The largest absolute Gasteiger partial charge is 0.361 e. The minimum absolute atomic E-state index is 0.215. The molecule has 0 aliphatic carbocycles. The molecular weight excluding hydrogens is 277 g/mol. The zero-order chi connectivity index (χ0) is 12.6. The molecule has 92 valence electrons. The van der Waals surface area contributed by atoms with E-state index in [1.807, 2.05) is 18.2 Å². The van der Waals surface area contributed by atoms with E-state index in [1.165, 1.54) is 5.56 Å². The van der Waals surface area contributed by atoms with Crippen molar-refractivity contribution < 1.29 is 0 Å². The summed E-state index contributed by atoms with van der Waals surface area (Å²) in [7, 11) is 0. The van der Waals surface area contributed by atoms with Gasteiger partial charge in [-0.15, -0.1) is 0 Å². The maximum absolute atomic E-state index is 6.06. The van der Waals surface area contributed by atoms with E-state index in [0.717, 1.165) is 17.8 Å². The van der Waals surface area contributed by atoms with Crippen LogP contribution < -0.4 is 4.90 Å². The standard InChI is InChI=1S/C13H14Cl3N/c1-3-17-11-7-5-4-6-10(11)9(2)8-12(17)13(14,15)16/h4-8,12H,3H2,1-2H3/t12-/m1/s1. The van der Waals surface area contributed by atoms with Gasteiger partial charge in [0.05, 0.1) is 6.04 Å². The van der Waals surface area contributed by atoms with Crippen LogP contribution in [-0.4, -0.2) is 16.4 Å². The molecule has 17 heavy (non-hydrogen) atoms. The lowest BCUT2D eigenvalue weighted by atomic mass is 9.97. The Balaban J connectivity index is 2.54. The van der Waals surface area contributed by atoms with Gasteiger partial charge in [-0.05, 0) is 25.5 Å². The molecule has 1 heterocycles. The van der Waals surface area contributed by atoms with E-state index in [0.29, 0.717) is 0 Å². The topological polar surface area (TPSA) is 3.24 Å². The molecule has 1 atom stereocenters. The highest BCUT2D eigenvalue weighted by Gasteiger charge is 2.38. The van der Waals surface area contributed by atoms with Crippen LogP contribution in [0.4, 0.5) is 5.69 Å². The molecule has 0 bridgehead atoms. The third-order valence-electron chi connectivity index (χ3n) is 3.06. The third-order valence-corrected chi connectivity index (χ3v) is 3.73. The zero-order valence-electron chi connectivity index (χ0n) is 9.75. The van der Waals surface area contributed by atoms with Crippen LogP contribution in [0, 0.1) is 0 Å². The molecule has 0 aromatic heterocycles. The van der Waals surface area contributed by atoms with Crippen molar-refractivity contribution in [2.24, 2.45) is 0 Å². The first-order valence-electron chi connectivity index (χ1n) is 5.56. The number of benzene rings is 1. The summed E-state index contributed by atoms with van der Waals surface area (Å²) in [5.41, 5.74) is 3.49. The minimum atomic E-state index is -1.31. The van der Waals surface area contributed by atoms with E-state index < -0.39 is 3.79 Å². The van der Waals surface area contributed by atoms with Crippen LogP contribution in [-0.2, 0) is 0 Å². The number of rotatable bonds is 1. The predicted molar refractivity (Wildman–Crippen MR) is 77.2 cm³/mol. The van der Waals surface area contributed by atoms with E-state index >= 15 is 0 Å². The lowest BCUT2D eigenvalue weighted by molar-refractivity contribution is 0.708. The Labute approximate surface area is 117 Å². The molecule has 0 spiro atoms. The van der Waals surface area contributed by atoms with Crippen LogP contribution in [0.1, 0.15) is 19.4 Å². The van der Waals surface area contributed by atoms with Gasteiger partial charge in [-0.3, -0.25) is 0 Å². The Kier molecular flexibility index (Phi) is 3.63.